The van der Waals surface area contributed by atoms with Gasteiger partial charge in [-0.1, -0.05) is 0 Å². The molecule has 2 N–H and O–H groups in total. The predicted octanol–water partition coefficient (Wildman–Crippen LogP) is 1.41. The number of likely N-dealkylation sites (tertiary alicyclic amines) is 1. The van der Waals surface area contributed by atoms with Crippen molar-refractivity contribution in [1.29, 1.82) is 0 Å². The van der Waals surface area contributed by atoms with Crippen LogP contribution in [0.4, 0.5) is 11.6 Å². The van der Waals surface area contributed by atoms with Crippen molar-refractivity contribution in [2.75, 3.05) is 37.3 Å². The Morgan fingerprint density at radius 2 is 2.00 bits per heavy atom. The van der Waals surface area contributed by atoms with E-state index in [4.69, 9.17) is 0 Å². The Balaban J connectivity index is 1.91. The van der Waals surface area contributed by atoms with Gasteiger partial charge in [0.15, 0.2) is 0 Å². The molecule has 1 aliphatic heterocycles. The average molecular weight is 235 g/mol. The van der Waals surface area contributed by atoms with Gasteiger partial charge in [-0.25, -0.2) is 4.98 Å². The summed E-state index contributed by atoms with van der Waals surface area (Å²) >= 11 is 0. The van der Waals surface area contributed by atoms with Gasteiger partial charge in [0.2, 0.25) is 0 Å². The Bertz CT molecular complexity index is 347. The highest BCUT2D eigenvalue weighted by molar-refractivity contribution is 5.42. The topological polar surface area (TPSA) is 53.1 Å². The molecule has 0 saturated carbocycles. The Labute approximate surface area is 103 Å². The van der Waals surface area contributed by atoms with E-state index in [1.807, 2.05) is 0 Å². The van der Waals surface area contributed by atoms with Crippen LogP contribution in [-0.4, -0.2) is 47.6 Å². The summed E-state index contributed by atoms with van der Waals surface area (Å²) in [5, 5.41) is 6.63. The number of rotatable bonds is 4. The summed E-state index contributed by atoms with van der Waals surface area (Å²) < 4.78 is 0. The van der Waals surface area contributed by atoms with Crippen LogP contribution in [0.15, 0.2) is 12.4 Å². The van der Waals surface area contributed by atoms with Crippen LogP contribution in [0.25, 0.3) is 0 Å². The molecule has 0 radical (unpaired) electrons. The molecule has 0 aliphatic carbocycles. The van der Waals surface area contributed by atoms with Gasteiger partial charge in [0.25, 0.3) is 0 Å². The molecular weight excluding hydrogens is 214 g/mol. The van der Waals surface area contributed by atoms with E-state index in [9.17, 15) is 0 Å². The van der Waals surface area contributed by atoms with Crippen LogP contribution in [0.5, 0.6) is 0 Å². The SMILES string of the molecule is CCNc1cncc(NC2CCN(C)CC2)n1. The zero-order valence-electron chi connectivity index (χ0n) is 10.6. The zero-order chi connectivity index (χ0) is 12.1. The molecule has 0 amide bonds. The van der Waals surface area contributed by atoms with Crippen molar-refractivity contribution < 1.29 is 0 Å². The van der Waals surface area contributed by atoms with E-state index in [0.717, 1.165) is 31.3 Å². The number of hydrogen-bond donors (Lipinski definition) is 2. The minimum atomic E-state index is 0.525. The normalized spacial score (nSPS) is 18.0. The lowest BCUT2D eigenvalue weighted by molar-refractivity contribution is 0.263. The lowest BCUT2D eigenvalue weighted by Crippen LogP contribution is -2.36. The van der Waals surface area contributed by atoms with E-state index in [1.54, 1.807) is 12.4 Å². The maximum Gasteiger partial charge on any atom is 0.147 e. The molecule has 5 heteroatoms. The molecule has 0 atom stereocenters. The molecule has 1 fully saturated rings. The molecule has 1 aromatic rings. The quantitative estimate of drug-likeness (QED) is 0.826. The monoisotopic (exact) mass is 235 g/mol. The van der Waals surface area contributed by atoms with Gasteiger partial charge in [-0.2, -0.15) is 0 Å². The summed E-state index contributed by atoms with van der Waals surface area (Å²) in [6, 6.07) is 0.525. The van der Waals surface area contributed by atoms with Crippen LogP contribution < -0.4 is 10.6 Å². The van der Waals surface area contributed by atoms with Gasteiger partial charge in [0, 0.05) is 12.6 Å². The highest BCUT2D eigenvalue weighted by Crippen LogP contribution is 2.14. The van der Waals surface area contributed by atoms with Gasteiger partial charge in [0.1, 0.15) is 11.6 Å². The average Bonchev–Trinajstić information content (AvgIpc) is 2.33. The zero-order valence-corrected chi connectivity index (χ0v) is 10.6. The van der Waals surface area contributed by atoms with Crippen molar-refractivity contribution in [2.45, 2.75) is 25.8 Å². The van der Waals surface area contributed by atoms with Gasteiger partial charge < -0.3 is 15.5 Å². The molecule has 1 aliphatic rings. The minimum Gasteiger partial charge on any atom is -0.369 e. The first-order chi connectivity index (χ1) is 8.28. The summed E-state index contributed by atoms with van der Waals surface area (Å²) in [7, 11) is 2.17. The van der Waals surface area contributed by atoms with Gasteiger partial charge >= 0.3 is 0 Å². The maximum atomic E-state index is 4.48. The Hall–Kier alpha value is -1.36. The highest BCUT2D eigenvalue weighted by Gasteiger charge is 2.16. The fourth-order valence-electron chi connectivity index (χ4n) is 2.06. The number of nitrogens with zero attached hydrogens (tertiary/aromatic N) is 3. The first-order valence-corrected chi connectivity index (χ1v) is 6.29. The van der Waals surface area contributed by atoms with Crippen LogP contribution in [0.2, 0.25) is 0 Å². The number of nitrogens with one attached hydrogen (secondary N) is 2. The molecule has 5 nitrogen and oxygen atoms in total. The summed E-state index contributed by atoms with van der Waals surface area (Å²) in [5.74, 6) is 1.71. The molecule has 0 spiro atoms. The van der Waals surface area contributed by atoms with Crippen molar-refractivity contribution in [1.82, 2.24) is 14.9 Å². The van der Waals surface area contributed by atoms with Crippen molar-refractivity contribution in [3.05, 3.63) is 12.4 Å². The second kappa shape index (κ2) is 5.82. The smallest absolute Gasteiger partial charge is 0.147 e. The van der Waals surface area contributed by atoms with E-state index >= 15 is 0 Å². The molecule has 0 unspecified atom stereocenters. The number of aromatic nitrogens is 2. The molecule has 0 bridgehead atoms. The lowest BCUT2D eigenvalue weighted by atomic mass is 10.1. The molecule has 1 saturated heterocycles. The first kappa shape index (κ1) is 12.1. The number of piperidine rings is 1. The van der Waals surface area contributed by atoms with Crippen molar-refractivity contribution in [3.63, 3.8) is 0 Å². The van der Waals surface area contributed by atoms with Gasteiger partial charge in [0.05, 0.1) is 12.4 Å². The Morgan fingerprint density at radius 1 is 1.29 bits per heavy atom. The largest absolute Gasteiger partial charge is 0.369 e. The molecule has 2 heterocycles. The standard InChI is InChI=1S/C12H21N5/c1-3-14-11-8-13-9-12(16-11)15-10-4-6-17(2)7-5-10/h8-10H,3-7H2,1-2H3,(H2,14,15,16). The molecule has 2 rings (SSSR count). The van der Waals surface area contributed by atoms with E-state index in [0.29, 0.717) is 6.04 Å². The summed E-state index contributed by atoms with van der Waals surface area (Å²) in [5.41, 5.74) is 0. The predicted molar refractivity (Wildman–Crippen MR) is 70.3 cm³/mol. The number of anilines is 2. The van der Waals surface area contributed by atoms with Gasteiger partial charge in [-0.05, 0) is 39.9 Å². The Kier molecular flexibility index (Phi) is 4.14. The van der Waals surface area contributed by atoms with Crippen molar-refractivity contribution in [2.24, 2.45) is 0 Å². The van der Waals surface area contributed by atoms with Crippen LogP contribution in [0.1, 0.15) is 19.8 Å². The summed E-state index contributed by atoms with van der Waals surface area (Å²) in [6.07, 6.45) is 5.88. The van der Waals surface area contributed by atoms with Crippen molar-refractivity contribution >= 4 is 11.6 Å². The maximum absolute atomic E-state index is 4.48. The van der Waals surface area contributed by atoms with Gasteiger partial charge in [-0.3, -0.25) is 4.98 Å². The lowest BCUT2D eigenvalue weighted by Gasteiger charge is -2.29. The second-order valence-electron chi connectivity index (χ2n) is 4.54. The molecule has 94 valence electrons. The van der Waals surface area contributed by atoms with E-state index < -0.39 is 0 Å². The molecule has 1 aromatic heterocycles. The number of hydrogen-bond acceptors (Lipinski definition) is 5. The van der Waals surface area contributed by atoms with Crippen LogP contribution >= 0.6 is 0 Å². The second-order valence-corrected chi connectivity index (χ2v) is 4.54. The fraction of sp³-hybridized carbons (Fsp3) is 0.667. The van der Waals surface area contributed by atoms with E-state index in [1.165, 1.54) is 12.8 Å². The van der Waals surface area contributed by atoms with Crippen LogP contribution in [-0.2, 0) is 0 Å². The first-order valence-electron chi connectivity index (χ1n) is 6.29. The highest BCUT2D eigenvalue weighted by atomic mass is 15.1. The van der Waals surface area contributed by atoms with E-state index in [2.05, 4.69) is 39.5 Å². The van der Waals surface area contributed by atoms with Crippen LogP contribution in [0.3, 0.4) is 0 Å². The van der Waals surface area contributed by atoms with Gasteiger partial charge in [-0.15, -0.1) is 0 Å². The third kappa shape index (κ3) is 3.56. The van der Waals surface area contributed by atoms with Crippen molar-refractivity contribution in [3.8, 4) is 0 Å². The third-order valence-corrected chi connectivity index (χ3v) is 3.06. The fourth-order valence-corrected chi connectivity index (χ4v) is 2.06. The summed E-state index contributed by atoms with van der Waals surface area (Å²) in [6.45, 7) is 5.22. The molecular formula is C12H21N5. The summed E-state index contributed by atoms with van der Waals surface area (Å²) in [4.78, 5) is 11.0. The Morgan fingerprint density at radius 3 is 2.71 bits per heavy atom. The van der Waals surface area contributed by atoms with E-state index in [-0.39, 0.29) is 0 Å². The van der Waals surface area contributed by atoms with Crippen LogP contribution in [0, 0.1) is 0 Å². The molecule has 17 heavy (non-hydrogen) atoms. The minimum absolute atomic E-state index is 0.525. The third-order valence-electron chi connectivity index (χ3n) is 3.06. The molecule has 0 aromatic carbocycles.